The van der Waals surface area contributed by atoms with Crippen LogP contribution < -0.4 is 24.3 Å². The number of nitrogens with one attached hydrogen (secondary N) is 1. The van der Waals surface area contributed by atoms with Gasteiger partial charge in [-0.1, -0.05) is 6.07 Å². The normalized spacial score (nSPS) is 13.2. The third kappa shape index (κ3) is 4.11. The largest absolute Gasteiger partial charge is 0.496 e. The van der Waals surface area contributed by atoms with Crippen LogP contribution in [0.5, 0.6) is 23.0 Å². The number of esters is 1. The summed E-state index contributed by atoms with van der Waals surface area (Å²) in [5, 5.41) is 2.69. The van der Waals surface area contributed by atoms with Crippen molar-refractivity contribution in [3.63, 3.8) is 0 Å². The Labute approximate surface area is 162 Å². The first-order chi connectivity index (χ1) is 13.5. The van der Waals surface area contributed by atoms with Crippen molar-refractivity contribution in [3.05, 3.63) is 42.0 Å². The molecule has 8 nitrogen and oxygen atoms in total. The van der Waals surface area contributed by atoms with Gasteiger partial charge in [0.25, 0.3) is 5.91 Å². The molecule has 1 atom stereocenters. The van der Waals surface area contributed by atoms with E-state index in [0.29, 0.717) is 41.9 Å². The smallest absolute Gasteiger partial charge is 0.346 e. The summed E-state index contributed by atoms with van der Waals surface area (Å²) < 4.78 is 26.6. The van der Waals surface area contributed by atoms with Gasteiger partial charge in [0.15, 0.2) is 17.6 Å². The second-order valence-corrected chi connectivity index (χ2v) is 5.93. The van der Waals surface area contributed by atoms with E-state index in [-0.39, 0.29) is 5.56 Å². The van der Waals surface area contributed by atoms with Gasteiger partial charge in [-0.25, -0.2) is 4.79 Å². The van der Waals surface area contributed by atoms with Crippen LogP contribution in [0.3, 0.4) is 0 Å². The van der Waals surface area contributed by atoms with Crippen molar-refractivity contribution in [1.29, 1.82) is 0 Å². The molecule has 0 saturated heterocycles. The number of hydrogen-bond donors (Lipinski definition) is 1. The second-order valence-electron chi connectivity index (χ2n) is 5.93. The van der Waals surface area contributed by atoms with E-state index < -0.39 is 18.0 Å². The van der Waals surface area contributed by atoms with E-state index in [4.69, 9.17) is 23.7 Å². The molecule has 0 aromatic heterocycles. The molecule has 8 heteroatoms. The topological polar surface area (TPSA) is 92.3 Å². The molecule has 0 saturated carbocycles. The number of amides is 1. The summed E-state index contributed by atoms with van der Waals surface area (Å²) in [5.41, 5.74) is 0.624. The van der Waals surface area contributed by atoms with Gasteiger partial charge >= 0.3 is 5.97 Å². The number of ether oxygens (including phenoxy) is 5. The molecule has 0 spiro atoms. The molecular formula is C20H21NO7. The van der Waals surface area contributed by atoms with E-state index in [9.17, 15) is 9.59 Å². The van der Waals surface area contributed by atoms with Crippen molar-refractivity contribution in [2.75, 3.05) is 32.8 Å². The third-order valence-corrected chi connectivity index (χ3v) is 4.09. The van der Waals surface area contributed by atoms with Crippen LogP contribution in [0, 0.1) is 0 Å². The van der Waals surface area contributed by atoms with Gasteiger partial charge in [-0.2, -0.15) is 0 Å². The standard InChI is InChI=1S/C20H21NO7/c1-12(28-20(23)18-15(24-2)5-4-6-16(18)25-3)19(22)21-13-7-8-14-17(11-13)27-10-9-26-14/h4-8,11-12H,9-10H2,1-3H3,(H,21,22). The SMILES string of the molecule is COc1cccc(OC)c1C(=O)OC(C)C(=O)Nc1ccc2c(c1)OCCO2. The van der Waals surface area contributed by atoms with Gasteiger partial charge in [-0.3, -0.25) is 4.79 Å². The third-order valence-electron chi connectivity index (χ3n) is 4.09. The number of benzene rings is 2. The summed E-state index contributed by atoms with van der Waals surface area (Å²) in [6, 6.07) is 9.96. The van der Waals surface area contributed by atoms with Crippen molar-refractivity contribution in [1.82, 2.24) is 0 Å². The molecule has 2 aromatic carbocycles. The second kappa shape index (κ2) is 8.51. The lowest BCUT2D eigenvalue weighted by molar-refractivity contribution is -0.123. The monoisotopic (exact) mass is 387 g/mol. The Hall–Kier alpha value is -3.42. The zero-order valence-electron chi connectivity index (χ0n) is 15.8. The van der Waals surface area contributed by atoms with Crippen LogP contribution in [0.15, 0.2) is 36.4 Å². The zero-order chi connectivity index (χ0) is 20.1. The van der Waals surface area contributed by atoms with Crippen molar-refractivity contribution >= 4 is 17.6 Å². The number of anilines is 1. The molecule has 0 fully saturated rings. The van der Waals surface area contributed by atoms with E-state index in [1.807, 2.05) is 0 Å². The number of rotatable bonds is 6. The van der Waals surface area contributed by atoms with Gasteiger partial charge in [0.1, 0.15) is 30.3 Å². The molecule has 1 N–H and O–H groups in total. The lowest BCUT2D eigenvalue weighted by atomic mass is 10.1. The minimum atomic E-state index is -1.05. The molecule has 3 rings (SSSR count). The predicted octanol–water partition coefficient (Wildman–Crippen LogP) is 2.66. The van der Waals surface area contributed by atoms with Gasteiger partial charge in [0.2, 0.25) is 0 Å². The Morgan fingerprint density at radius 1 is 1.00 bits per heavy atom. The predicted molar refractivity (Wildman–Crippen MR) is 100 cm³/mol. The Bertz CT molecular complexity index is 859. The van der Waals surface area contributed by atoms with Crippen LogP contribution in [-0.4, -0.2) is 45.4 Å². The highest BCUT2D eigenvalue weighted by Gasteiger charge is 2.25. The molecule has 2 aromatic rings. The molecule has 0 aliphatic carbocycles. The maximum absolute atomic E-state index is 12.6. The molecule has 1 aliphatic rings. The summed E-state index contributed by atoms with van der Waals surface area (Å²) >= 11 is 0. The molecule has 1 amide bonds. The quantitative estimate of drug-likeness (QED) is 0.762. The molecule has 1 heterocycles. The van der Waals surface area contributed by atoms with Gasteiger partial charge in [-0.05, 0) is 31.2 Å². The minimum Gasteiger partial charge on any atom is -0.496 e. The molecular weight excluding hydrogens is 366 g/mol. The zero-order valence-corrected chi connectivity index (χ0v) is 15.8. The van der Waals surface area contributed by atoms with Crippen molar-refractivity contribution in [3.8, 4) is 23.0 Å². The van der Waals surface area contributed by atoms with Crippen molar-refractivity contribution < 1.29 is 33.3 Å². The number of methoxy groups -OCH3 is 2. The average Bonchev–Trinajstić information content (AvgIpc) is 2.72. The number of fused-ring (bicyclic) bond motifs is 1. The Kier molecular flexibility index (Phi) is 5.88. The highest BCUT2D eigenvalue weighted by Crippen LogP contribution is 2.33. The minimum absolute atomic E-state index is 0.117. The fourth-order valence-corrected chi connectivity index (χ4v) is 2.69. The highest BCUT2D eigenvalue weighted by molar-refractivity contribution is 5.99. The van der Waals surface area contributed by atoms with Crippen molar-refractivity contribution in [2.24, 2.45) is 0 Å². The first-order valence-electron chi connectivity index (χ1n) is 8.66. The average molecular weight is 387 g/mol. The lowest BCUT2D eigenvalue weighted by Crippen LogP contribution is -2.30. The fraction of sp³-hybridized carbons (Fsp3) is 0.300. The molecule has 28 heavy (non-hydrogen) atoms. The summed E-state index contributed by atoms with van der Waals surface area (Å²) in [6.45, 7) is 2.41. The summed E-state index contributed by atoms with van der Waals surface area (Å²) in [5.74, 6) is 0.546. The molecule has 1 aliphatic heterocycles. The summed E-state index contributed by atoms with van der Waals surface area (Å²) in [7, 11) is 2.87. The van der Waals surface area contributed by atoms with Gasteiger partial charge < -0.3 is 29.0 Å². The molecule has 0 radical (unpaired) electrons. The van der Waals surface area contributed by atoms with Crippen LogP contribution in [0.1, 0.15) is 17.3 Å². The van der Waals surface area contributed by atoms with Gasteiger partial charge in [0, 0.05) is 11.8 Å². The number of carbonyl (C=O) groups is 2. The van der Waals surface area contributed by atoms with Crippen LogP contribution in [0.4, 0.5) is 5.69 Å². The molecule has 148 valence electrons. The van der Waals surface area contributed by atoms with Crippen LogP contribution in [0.2, 0.25) is 0 Å². The Morgan fingerprint density at radius 2 is 1.64 bits per heavy atom. The summed E-state index contributed by atoms with van der Waals surface area (Å²) in [4.78, 5) is 25.0. The van der Waals surface area contributed by atoms with E-state index in [1.54, 1.807) is 36.4 Å². The number of hydrogen-bond acceptors (Lipinski definition) is 7. The maximum atomic E-state index is 12.6. The Balaban J connectivity index is 1.68. The lowest BCUT2D eigenvalue weighted by Gasteiger charge is -2.20. The van der Waals surface area contributed by atoms with Crippen LogP contribution >= 0.6 is 0 Å². The van der Waals surface area contributed by atoms with E-state index in [1.165, 1.54) is 21.1 Å². The fourth-order valence-electron chi connectivity index (χ4n) is 2.69. The first-order valence-corrected chi connectivity index (χ1v) is 8.66. The van der Waals surface area contributed by atoms with E-state index in [0.717, 1.165) is 0 Å². The van der Waals surface area contributed by atoms with Gasteiger partial charge in [-0.15, -0.1) is 0 Å². The first kappa shape index (κ1) is 19.3. The van der Waals surface area contributed by atoms with Crippen LogP contribution in [0.25, 0.3) is 0 Å². The molecule has 0 bridgehead atoms. The van der Waals surface area contributed by atoms with Crippen LogP contribution in [-0.2, 0) is 9.53 Å². The highest BCUT2D eigenvalue weighted by atomic mass is 16.6. The summed E-state index contributed by atoms with van der Waals surface area (Å²) in [6.07, 6.45) is -1.05. The number of carbonyl (C=O) groups excluding carboxylic acids is 2. The van der Waals surface area contributed by atoms with Crippen molar-refractivity contribution in [2.45, 2.75) is 13.0 Å². The molecule has 1 unspecified atom stereocenters. The Morgan fingerprint density at radius 3 is 2.29 bits per heavy atom. The van der Waals surface area contributed by atoms with E-state index >= 15 is 0 Å². The van der Waals surface area contributed by atoms with E-state index in [2.05, 4.69) is 5.32 Å². The maximum Gasteiger partial charge on any atom is 0.346 e. The van der Waals surface area contributed by atoms with Gasteiger partial charge in [0.05, 0.1) is 14.2 Å².